The average Bonchev–Trinajstić information content (AvgIpc) is 2.90. The molecule has 24 heavy (non-hydrogen) atoms. The van der Waals surface area contributed by atoms with Crippen molar-refractivity contribution in [1.82, 2.24) is 4.90 Å². The zero-order valence-electron chi connectivity index (χ0n) is 14.1. The summed E-state index contributed by atoms with van der Waals surface area (Å²) in [5, 5.41) is 9.59. The van der Waals surface area contributed by atoms with Crippen LogP contribution in [-0.4, -0.2) is 51.3 Å². The van der Waals surface area contributed by atoms with E-state index in [1.807, 2.05) is 6.07 Å². The standard InChI is InChI=1S/C16H18N2O6/c1-8(16(20)24-5)18-10(7-17)12-9(15(18)19)6-11(21-2)13(22-3)14(12)23-4/h6,8,10H,1-5H3. The van der Waals surface area contributed by atoms with Crippen LogP contribution < -0.4 is 14.2 Å². The summed E-state index contributed by atoms with van der Waals surface area (Å²) in [5.74, 6) is -0.292. The van der Waals surface area contributed by atoms with E-state index in [0.717, 1.165) is 4.90 Å². The van der Waals surface area contributed by atoms with Crippen LogP contribution in [0.3, 0.4) is 0 Å². The summed E-state index contributed by atoms with van der Waals surface area (Å²) in [6.07, 6.45) is 0. The van der Waals surface area contributed by atoms with Gasteiger partial charge in [0.15, 0.2) is 11.5 Å². The van der Waals surface area contributed by atoms with Gasteiger partial charge in [-0.15, -0.1) is 0 Å². The van der Waals surface area contributed by atoms with Gasteiger partial charge in [-0.1, -0.05) is 0 Å². The zero-order valence-corrected chi connectivity index (χ0v) is 14.1. The van der Waals surface area contributed by atoms with Crippen LogP contribution in [0, 0.1) is 11.3 Å². The molecule has 2 unspecified atom stereocenters. The van der Waals surface area contributed by atoms with Crippen molar-refractivity contribution in [3.63, 3.8) is 0 Å². The Morgan fingerprint density at radius 3 is 2.29 bits per heavy atom. The number of nitriles is 1. The number of ether oxygens (including phenoxy) is 4. The highest BCUT2D eigenvalue weighted by Crippen LogP contribution is 2.49. The molecular weight excluding hydrogens is 316 g/mol. The number of carbonyl (C=O) groups excluding carboxylic acids is 2. The van der Waals surface area contributed by atoms with Gasteiger partial charge in [0, 0.05) is 5.56 Å². The van der Waals surface area contributed by atoms with E-state index in [4.69, 9.17) is 14.2 Å². The number of amides is 1. The van der Waals surface area contributed by atoms with E-state index < -0.39 is 24.0 Å². The fourth-order valence-electron chi connectivity index (χ4n) is 2.83. The molecule has 2 rings (SSSR count). The van der Waals surface area contributed by atoms with Crippen LogP contribution in [0.2, 0.25) is 0 Å². The summed E-state index contributed by atoms with van der Waals surface area (Å²) < 4.78 is 20.6. The molecule has 0 saturated heterocycles. The first-order valence-electron chi connectivity index (χ1n) is 7.09. The quantitative estimate of drug-likeness (QED) is 0.748. The molecular formula is C16H18N2O6. The number of methoxy groups -OCH3 is 4. The lowest BCUT2D eigenvalue weighted by atomic mass is 10.0. The van der Waals surface area contributed by atoms with Crippen molar-refractivity contribution in [1.29, 1.82) is 5.26 Å². The molecule has 0 fully saturated rings. The second kappa shape index (κ2) is 6.66. The van der Waals surface area contributed by atoms with Crippen LogP contribution in [0.5, 0.6) is 17.2 Å². The molecule has 0 N–H and O–H groups in total. The maximum atomic E-state index is 12.8. The molecule has 1 heterocycles. The molecule has 128 valence electrons. The largest absolute Gasteiger partial charge is 0.493 e. The van der Waals surface area contributed by atoms with Crippen LogP contribution in [-0.2, 0) is 9.53 Å². The summed E-state index contributed by atoms with van der Waals surface area (Å²) in [6.45, 7) is 1.50. The maximum absolute atomic E-state index is 12.8. The Bertz CT molecular complexity index is 724. The fourth-order valence-corrected chi connectivity index (χ4v) is 2.83. The minimum atomic E-state index is -1.00. The molecule has 0 spiro atoms. The van der Waals surface area contributed by atoms with Crippen molar-refractivity contribution in [3.8, 4) is 23.3 Å². The molecule has 1 amide bonds. The monoisotopic (exact) mass is 334 g/mol. The highest BCUT2D eigenvalue weighted by Gasteiger charge is 2.45. The second-order valence-electron chi connectivity index (χ2n) is 5.05. The second-order valence-corrected chi connectivity index (χ2v) is 5.05. The zero-order chi connectivity index (χ0) is 18.0. The molecule has 0 bridgehead atoms. The number of benzene rings is 1. The van der Waals surface area contributed by atoms with Crippen LogP contribution >= 0.6 is 0 Å². The normalized spacial score (nSPS) is 16.9. The van der Waals surface area contributed by atoms with Crippen LogP contribution in [0.15, 0.2) is 6.07 Å². The maximum Gasteiger partial charge on any atom is 0.328 e. The van der Waals surface area contributed by atoms with Gasteiger partial charge in [-0.05, 0) is 13.0 Å². The molecule has 0 aliphatic carbocycles. The predicted octanol–water partition coefficient (Wildman–Crippen LogP) is 1.29. The van der Waals surface area contributed by atoms with E-state index in [9.17, 15) is 14.9 Å². The van der Waals surface area contributed by atoms with Gasteiger partial charge in [-0.2, -0.15) is 5.26 Å². The van der Waals surface area contributed by atoms with Crippen LogP contribution in [0.4, 0.5) is 0 Å². The lowest BCUT2D eigenvalue weighted by Gasteiger charge is -2.25. The van der Waals surface area contributed by atoms with Gasteiger partial charge in [0.2, 0.25) is 5.75 Å². The smallest absolute Gasteiger partial charge is 0.328 e. The van der Waals surface area contributed by atoms with E-state index in [1.54, 1.807) is 0 Å². The molecule has 0 saturated carbocycles. The number of rotatable bonds is 5. The first-order chi connectivity index (χ1) is 11.5. The summed E-state index contributed by atoms with van der Waals surface area (Å²) >= 11 is 0. The number of carbonyl (C=O) groups is 2. The first-order valence-corrected chi connectivity index (χ1v) is 7.09. The summed E-state index contributed by atoms with van der Waals surface area (Å²) in [4.78, 5) is 25.8. The van der Waals surface area contributed by atoms with Gasteiger partial charge in [-0.25, -0.2) is 4.79 Å². The molecule has 0 radical (unpaired) electrons. The van der Waals surface area contributed by atoms with Crippen molar-refractivity contribution in [2.75, 3.05) is 28.4 Å². The molecule has 8 nitrogen and oxygen atoms in total. The summed E-state index contributed by atoms with van der Waals surface area (Å²) in [6, 6.07) is 1.59. The third-order valence-corrected chi connectivity index (χ3v) is 3.97. The number of fused-ring (bicyclic) bond motifs is 1. The number of nitrogens with zero attached hydrogens (tertiary/aromatic N) is 2. The third-order valence-electron chi connectivity index (χ3n) is 3.97. The van der Waals surface area contributed by atoms with Gasteiger partial charge in [-0.3, -0.25) is 4.79 Å². The summed E-state index contributed by atoms with van der Waals surface area (Å²) in [7, 11) is 5.49. The van der Waals surface area contributed by atoms with Crippen molar-refractivity contribution in [3.05, 3.63) is 17.2 Å². The molecule has 8 heteroatoms. The van der Waals surface area contributed by atoms with Crippen molar-refractivity contribution < 1.29 is 28.5 Å². The number of esters is 1. The van der Waals surface area contributed by atoms with E-state index in [0.29, 0.717) is 11.3 Å². The van der Waals surface area contributed by atoms with Crippen LogP contribution in [0.25, 0.3) is 0 Å². The Kier molecular flexibility index (Phi) is 4.83. The molecule has 2 atom stereocenters. The Balaban J connectivity index is 2.70. The predicted molar refractivity (Wildman–Crippen MR) is 82.1 cm³/mol. The van der Waals surface area contributed by atoms with Gasteiger partial charge in [0.05, 0.1) is 40.1 Å². The Morgan fingerprint density at radius 2 is 1.83 bits per heavy atom. The Morgan fingerprint density at radius 1 is 1.21 bits per heavy atom. The lowest BCUT2D eigenvalue weighted by Crippen LogP contribution is -2.41. The van der Waals surface area contributed by atoms with Crippen LogP contribution in [0.1, 0.15) is 28.9 Å². The van der Waals surface area contributed by atoms with Gasteiger partial charge in [0.25, 0.3) is 5.91 Å². The Labute approximate surface area is 139 Å². The van der Waals surface area contributed by atoms with E-state index >= 15 is 0 Å². The molecule has 1 aliphatic heterocycles. The van der Waals surface area contributed by atoms with Gasteiger partial charge < -0.3 is 23.8 Å². The van der Waals surface area contributed by atoms with E-state index in [-0.39, 0.29) is 17.1 Å². The third kappa shape index (κ3) is 2.38. The Hall–Kier alpha value is -2.95. The highest BCUT2D eigenvalue weighted by molar-refractivity contribution is 6.03. The average molecular weight is 334 g/mol. The van der Waals surface area contributed by atoms with Crippen molar-refractivity contribution >= 4 is 11.9 Å². The summed E-state index contributed by atoms with van der Waals surface area (Å²) in [5.41, 5.74) is 0.574. The number of hydrogen-bond donors (Lipinski definition) is 0. The topological polar surface area (TPSA) is 98.1 Å². The minimum absolute atomic E-state index is 0.228. The molecule has 1 aliphatic rings. The first kappa shape index (κ1) is 17.4. The van der Waals surface area contributed by atoms with E-state index in [2.05, 4.69) is 4.74 Å². The van der Waals surface area contributed by atoms with E-state index in [1.165, 1.54) is 41.4 Å². The molecule has 1 aromatic rings. The molecule has 0 aromatic heterocycles. The number of hydrogen-bond acceptors (Lipinski definition) is 7. The minimum Gasteiger partial charge on any atom is -0.493 e. The fraction of sp³-hybridized carbons (Fsp3) is 0.438. The van der Waals surface area contributed by atoms with Crippen molar-refractivity contribution in [2.45, 2.75) is 19.0 Å². The SMILES string of the molecule is COC(=O)C(C)N1C(=O)c2cc(OC)c(OC)c(OC)c2C1C#N. The lowest BCUT2D eigenvalue weighted by molar-refractivity contribution is -0.145. The highest BCUT2D eigenvalue weighted by atomic mass is 16.5. The van der Waals surface area contributed by atoms with Crippen molar-refractivity contribution in [2.24, 2.45) is 0 Å². The van der Waals surface area contributed by atoms with Gasteiger partial charge in [0.1, 0.15) is 12.1 Å². The van der Waals surface area contributed by atoms with Gasteiger partial charge >= 0.3 is 5.97 Å². The molecule has 1 aromatic carbocycles.